The molecule has 0 unspecified atom stereocenters. The number of likely N-dealkylation sites (tertiary alicyclic amines) is 1. The normalized spacial score (nSPS) is 32.9. The van der Waals surface area contributed by atoms with Crippen molar-refractivity contribution in [2.75, 3.05) is 33.4 Å². The molecule has 4 heteroatoms. The molecule has 2 atom stereocenters. The average Bonchev–Trinajstić information content (AvgIpc) is 2.81. The molecule has 4 nitrogen and oxygen atoms in total. The third-order valence-corrected chi connectivity index (χ3v) is 4.44. The number of rotatable bonds is 6. The summed E-state index contributed by atoms with van der Waals surface area (Å²) in [4.78, 5) is 13.8. The Morgan fingerprint density at radius 3 is 3.00 bits per heavy atom. The van der Waals surface area contributed by atoms with Crippen LogP contribution in [0, 0.1) is 11.3 Å². The Bertz CT molecular complexity index is 282. The number of ether oxygens (including phenoxy) is 1. The van der Waals surface area contributed by atoms with Crippen LogP contribution < -0.4 is 0 Å². The lowest BCUT2D eigenvalue weighted by Crippen LogP contribution is -2.35. The Kier molecular flexibility index (Phi) is 4.05. The molecule has 0 aromatic rings. The number of carbonyl (C=O) groups is 1. The zero-order valence-corrected chi connectivity index (χ0v) is 10.7. The van der Waals surface area contributed by atoms with Crippen LogP contribution in [0.5, 0.6) is 0 Å². The minimum atomic E-state index is -0.570. The summed E-state index contributed by atoms with van der Waals surface area (Å²) < 4.78 is 5.03. The average molecular weight is 241 g/mol. The second-order valence-corrected chi connectivity index (χ2v) is 5.49. The summed E-state index contributed by atoms with van der Waals surface area (Å²) in [6.07, 6.45) is 5.24. The largest absolute Gasteiger partial charge is 0.481 e. The Morgan fingerprint density at radius 1 is 1.53 bits per heavy atom. The highest BCUT2D eigenvalue weighted by molar-refractivity contribution is 5.76. The molecule has 1 aliphatic heterocycles. The van der Waals surface area contributed by atoms with Crippen LogP contribution >= 0.6 is 0 Å². The molecule has 0 aromatic carbocycles. The Hall–Kier alpha value is -0.610. The monoisotopic (exact) mass is 241 g/mol. The number of aliphatic carboxylic acids is 1. The van der Waals surface area contributed by atoms with E-state index in [4.69, 9.17) is 4.74 Å². The molecule has 1 saturated heterocycles. The van der Waals surface area contributed by atoms with E-state index < -0.39 is 11.4 Å². The number of unbranched alkanes of at least 4 members (excludes halogenated alkanes) is 1. The molecule has 1 heterocycles. The fourth-order valence-electron chi connectivity index (χ4n) is 3.50. The van der Waals surface area contributed by atoms with Gasteiger partial charge in [-0.15, -0.1) is 0 Å². The maximum atomic E-state index is 11.5. The number of methoxy groups -OCH3 is 1. The number of carboxylic acid groups (broad SMARTS) is 1. The maximum absolute atomic E-state index is 11.5. The molecule has 0 amide bonds. The van der Waals surface area contributed by atoms with Gasteiger partial charge in [-0.3, -0.25) is 4.79 Å². The van der Waals surface area contributed by atoms with Crippen LogP contribution in [0.3, 0.4) is 0 Å². The summed E-state index contributed by atoms with van der Waals surface area (Å²) >= 11 is 0. The number of carboxylic acids is 1. The zero-order chi connectivity index (χ0) is 12.3. The van der Waals surface area contributed by atoms with Gasteiger partial charge in [0.1, 0.15) is 0 Å². The van der Waals surface area contributed by atoms with Crippen LogP contribution in [0.2, 0.25) is 0 Å². The first kappa shape index (κ1) is 12.8. The van der Waals surface area contributed by atoms with E-state index in [1.807, 2.05) is 0 Å². The summed E-state index contributed by atoms with van der Waals surface area (Å²) in [6.45, 7) is 3.58. The van der Waals surface area contributed by atoms with E-state index in [0.29, 0.717) is 5.92 Å². The third kappa shape index (κ3) is 2.47. The van der Waals surface area contributed by atoms with Gasteiger partial charge in [-0.05, 0) is 38.1 Å². The molecule has 2 rings (SSSR count). The lowest BCUT2D eigenvalue weighted by molar-refractivity contribution is -0.149. The van der Waals surface area contributed by atoms with Gasteiger partial charge in [0.05, 0.1) is 5.41 Å². The summed E-state index contributed by atoms with van der Waals surface area (Å²) in [5.74, 6) is -0.179. The van der Waals surface area contributed by atoms with E-state index in [-0.39, 0.29) is 0 Å². The zero-order valence-electron chi connectivity index (χ0n) is 10.7. The van der Waals surface area contributed by atoms with Gasteiger partial charge in [-0.2, -0.15) is 0 Å². The van der Waals surface area contributed by atoms with E-state index in [1.165, 1.54) is 0 Å². The van der Waals surface area contributed by atoms with Crippen molar-refractivity contribution in [3.8, 4) is 0 Å². The Morgan fingerprint density at radius 2 is 2.35 bits per heavy atom. The molecule has 1 aliphatic carbocycles. The van der Waals surface area contributed by atoms with Gasteiger partial charge in [0.2, 0.25) is 0 Å². The first-order valence-electron chi connectivity index (χ1n) is 6.64. The molecule has 17 heavy (non-hydrogen) atoms. The number of hydrogen-bond acceptors (Lipinski definition) is 3. The van der Waals surface area contributed by atoms with E-state index in [1.54, 1.807) is 7.11 Å². The maximum Gasteiger partial charge on any atom is 0.311 e. The SMILES string of the molecule is COCCCCN1C[C@@H]2CCC[C@@]2(C(=O)O)C1. The fourth-order valence-corrected chi connectivity index (χ4v) is 3.50. The second kappa shape index (κ2) is 5.36. The summed E-state index contributed by atoms with van der Waals surface area (Å²) in [6, 6.07) is 0. The number of hydrogen-bond donors (Lipinski definition) is 1. The van der Waals surface area contributed by atoms with Gasteiger partial charge in [0.15, 0.2) is 0 Å². The molecule has 0 radical (unpaired) electrons. The van der Waals surface area contributed by atoms with Crippen LogP contribution in [0.15, 0.2) is 0 Å². The summed E-state index contributed by atoms with van der Waals surface area (Å²) in [5, 5.41) is 9.45. The van der Waals surface area contributed by atoms with Crippen LogP contribution in [-0.2, 0) is 9.53 Å². The van der Waals surface area contributed by atoms with E-state index in [9.17, 15) is 9.90 Å². The summed E-state index contributed by atoms with van der Waals surface area (Å²) in [5.41, 5.74) is -0.415. The van der Waals surface area contributed by atoms with Gasteiger partial charge in [-0.25, -0.2) is 0 Å². The lowest BCUT2D eigenvalue weighted by atomic mass is 9.81. The Labute approximate surface area is 103 Å². The smallest absolute Gasteiger partial charge is 0.311 e. The molecule has 1 N–H and O–H groups in total. The molecule has 2 fully saturated rings. The highest BCUT2D eigenvalue weighted by Gasteiger charge is 2.54. The second-order valence-electron chi connectivity index (χ2n) is 5.49. The van der Waals surface area contributed by atoms with Crippen molar-refractivity contribution < 1.29 is 14.6 Å². The van der Waals surface area contributed by atoms with Crippen molar-refractivity contribution in [3.63, 3.8) is 0 Å². The topological polar surface area (TPSA) is 49.8 Å². The minimum absolute atomic E-state index is 0.391. The third-order valence-electron chi connectivity index (χ3n) is 4.44. The predicted molar refractivity (Wildman–Crippen MR) is 65.0 cm³/mol. The summed E-state index contributed by atoms with van der Waals surface area (Å²) in [7, 11) is 1.72. The fraction of sp³-hybridized carbons (Fsp3) is 0.923. The van der Waals surface area contributed by atoms with Crippen molar-refractivity contribution in [1.82, 2.24) is 4.90 Å². The van der Waals surface area contributed by atoms with Gasteiger partial charge < -0.3 is 14.7 Å². The van der Waals surface area contributed by atoms with Gasteiger partial charge in [-0.1, -0.05) is 6.42 Å². The molecule has 2 aliphatic rings. The first-order valence-corrected chi connectivity index (χ1v) is 6.64. The molecule has 1 saturated carbocycles. The van der Waals surface area contributed by atoms with Crippen molar-refractivity contribution in [3.05, 3.63) is 0 Å². The van der Waals surface area contributed by atoms with E-state index >= 15 is 0 Å². The standard InChI is InChI=1S/C13H23NO3/c1-17-8-3-2-7-14-9-11-5-4-6-13(11,10-14)12(15)16/h11H,2-10H2,1H3,(H,15,16)/t11-,13+/m0/s1. The van der Waals surface area contributed by atoms with Gasteiger partial charge >= 0.3 is 5.97 Å². The molecule has 0 aromatic heterocycles. The van der Waals surface area contributed by atoms with Crippen LogP contribution in [0.1, 0.15) is 32.1 Å². The van der Waals surface area contributed by atoms with Crippen molar-refractivity contribution in [2.24, 2.45) is 11.3 Å². The Balaban J connectivity index is 1.83. The van der Waals surface area contributed by atoms with Crippen LogP contribution in [0.4, 0.5) is 0 Å². The van der Waals surface area contributed by atoms with Crippen molar-refractivity contribution in [1.29, 1.82) is 0 Å². The number of nitrogens with zero attached hydrogens (tertiary/aromatic N) is 1. The van der Waals surface area contributed by atoms with Crippen LogP contribution in [-0.4, -0.2) is 49.3 Å². The van der Waals surface area contributed by atoms with Gasteiger partial charge in [0, 0.05) is 26.8 Å². The minimum Gasteiger partial charge on any atom is -0.481 e. The number of fused-ring (bicyclic) bond motifs is 1. The highest BCUT2D eigenvalue weighted by Crippen LogP contribution is 2.48. The van der Waals surface area contributed by atoms with E-state index in [2.05, 4.69) is 4.90 Å². The molecule has 0 bridgehead atoms. The molecular weight excluding hydrogens is 218 g/mol. The first-order chi connectivity index (χ1) is 8.19. The van der Waals surface area contributed by atoms with Crippen molar-refractivity contribution >= 4 is 5.97 Å². The molecule has 0 spiro atoms. The van der Waals surface area contributed by atoms with Gasteiger partial charge in [0.25, 0.3) is 0 Å². The quantitative estimate of drug-likeness (QED) is 0.718. The van der Waals surface area contributed by atoms with E-state index in [0.717, 1.165) is 58.3 Å². The molecular formula is C13H23NO3. The lowest BCUT2D eigenvalue weighted by Gasteiger charge is -2.23. The van der Waals surface area contributed by atoms with Crippen molar-refractivity contribution in [2.45, 2.75) is 32.1 Å². The molecule has 98 valence electrons. The van der Waals surface area contributed by atoms with Crippen LogP contribution in [0.25, 0.3) is 0 Å². The highest BCUT2D eigenvalue weighted by atomic mass is 16.5. The predicted octanol–water partition coefficient (Wildman–Crippen LogP) is 1.60.